The summed E-state index contributed by atoms with van der Waals surface area (Å²) in [6, 6.07) is 2.65. The van der Waals surface area contributed by atoms with Gasteiger partial charge in [0, 0.05) is 13.3 Å². The summed E-state index contributed by atoms with van der Waals surface area (Å²) < 4.78 is 107. The van der Waals surface area contributed by atoms with Crippen molar-refractivity contribution in [1.29, 1.82) is 0 Å². The van der Waals surface area contributed by atoms with E-state index in [1.54, 1.807) is 27.7 Å². The average Bonchev–Trinajstić information content (AvgIpc) is 3.47. The molecular weight excluding hydrogens is 687 g/mol. The molecule has 278 valence electrons. The molecule has 0 radical (unpaired) electrons. The van der Waals surface area contributed by atoms with Gasteiger partial charge >= 0.3 is 24.4 Å². The number of ether oxygens (including phenoxy) is 2. The first-order chi connectivity index (χ1) is 23.4. The topological polar surface area (TPSA) is 88.5 Å². The summed E-state index contributed by atoms with van der Waals surface area (Å²) in [6.45, 7) is 9.08. The number of benzene rings is 2. The number of carbonyl (C=O) groups excluding carboxylic acids is 3. The zero-order chi connectivity index (χ0) is 38.4. The molecule has 2 aromatic rings. The molecule has 2 heterocycles. The van der Waals surface area contributed by atoms with Gasteiger partial charge < -0.3 is 14.4 Å². The third-order valence-corrected chi connectivity index (χ3v) is 9.09. The summed E-state index contributed by atoms with van der Waals surface area (Å²) in [4.78, 5) is 47.4. The van der Waals surface area contributed by atoms with Crippen molar-refractivity contribution in [3.05, 3.63) is 75.7 Å². The third kappa shape index (κ3) is 8.39. The molecule has 1 saturated heterocycles. The molecule has 0 aliphatic carbocycles. The maximum absolute atomic E-state index is 14.3. The molecule has 0 saturated carbocycles. The van der Waals surface area contributed by atoms with Crippen LogP contribution in [0, 0.1) is 12.7 Å². The number of allylic oxidation sites excluding steroid dienone is 1. The number of likely N-dealkylation sites (tertiary alicyclic amines) is 1. The van der Waals surface area contributed by atoms with Gasteiger partial charge in [-0.1, -0.05) is 6.07 Å². The Morgan fingerprint density at radius 3 is 1.96 bits per heavy atom. The number of nitrogens with zero attached hydrogens (tertiary/aromatic N) is 3. The fourth-order valence-corrected chi connectivity index (χ4v) is 6.48. The van der Waals surface area contributed by atoms with E-state index in [4.69, 9.17) is 9.47 Å². The van der Waals surface area contributed by atoms with E-state index >= 15 is 0 Å². The van der Waals surface area contributed by atoms with Crippen molar-refractivity contribution < 1.29 is 54.6 Å². The van der Waals surface area contributed by atoms with Crippen LogP contribution in [0.25, 0.3) is 5.57 Å². The van der Waals surface area contributed by atoms with E-state index in [0.717, 1.165) is 4.90 Å². The number of hydrogen-bond donors (Lipinski definition) is 0. The number of aliphatic imine (C=N–C) groups is 1. The van der Waals surface area contributed by atoms with Gasteiger partial charge in [0.2, 0.25) is 5.91 Å². The number of aryl methyl sites for hydroxylation is 1. The van der Waals surface area contributed by atoms with Crippen LogP contribution in [0.3, 0.4) is 0 Å². The molecule has 2 aliphatic heterocycles. The van der Waals surface area contributed by atoms with Crippen LogP contribution in [0.5, 0.6) is 0 Å². The Labute approximate surface area is 291 Å². The lowest BCUT2D eigenvalue weighted by molar-refractivity contribution is -0.146. The zero-order valence-electron chi connectivity index (χ0n) is 29.4. The molecule has 1 fully saturated rings. The lowest BCUT2D eigenvalue weighted by atomic mass is 9.81. The number of amides is 2. The molecule has 0 bridgehead atoms. The van der Waals surface area contributed by atoms with Crippen LogP contribution in [0.1, 0.15) is 81.7 Å². The van der Waals surface area contributed by atoms with Gasteiger partial charge in [-0.2, -0.15) is 26.3 Å². The molecule has 2 amide bonds. The molecule has 8 nitrogen and oxygen atoms in total. The van der Waals surface area contributed by atoms with Crippen molar-refractivity contribution in [3.63, 3.8) is 0 Å². The standard InChI is InChI=1S/C36H40F7N3O5/c1-19-13-23(37)9-10-24(19)25-17-26(27-11-12-28(30(47)50-8)46(27)32(49)51-33(2,3)4)44-18-29(25)45(7)31(48)34(5,6)20-14-21(35(38,39)40)16-22(15-20)36(41,42)43/h9-10,13-16,18,26-28H,11-12,17H2,1-8H3/t26?,27-,28+/m1/s1. The summed E-state index contributed by atoms with van der Waals surface area (Å²) in [7, 11) is 2.52. The second-order valence-corrected chi connectivity index (χ2v) is 14.2. The van der Waals surface area contributed by atoms with Crippen molar-refractivity contribution in [2.24, 2.45) is 4.99 Å². The molecule has 3 atom stereocenters. The Morgan fingerprint density at radius 1 is 0.882 bits per heavy atom. The maximum atomic E-state index is 14.3. The minimum Gasteiger partial charge on any atom is -0.467 e. The Morgan fingerprint density at radius 2 is 1.45 bits per heavy atom. The summed E-state index contributed by atoms with van der Waals surface area (Å²) in [5, 5.41) is 0. The van der Waals surface area contributed by atoms with Gasteiger partial charge in [0.05, 0.1) is 41.4 Å². The van der Waals surface area contributed by atoms with Crippen molar-refractivity contribution in [3.8, 4) is 0 Å². The molecule has 1 unspecified atom stereocenters. The Kier molecular flexibility index (Phi) is 10.8. The van der Waals surface area contributed by atoms with Crippen molar-refractivity contribution in [2.75, 3.05) is 14.2 Å². The van der Waals surface area contributed by atoms with Gasteiger partial charge in [-0.3, -0.25) is 14.7 Å². The first kappa shape index (κ1) is 39.4. The van der Waals surface area contributed by atoms with Gasteiger partial charge in [-0.15, -0.1) is 0 Å². The molecule has 0 aromatic heterocycles. The molecule has 2 aromatic carbocycles. The summed E-state index contributed by atoms with van der Waals surface area (Å²) >= 11 is 0. The second kappa shape index (κ2) is 13.9. The van der Waals surface area contributed by atoms with E-state index in [2.05, 4.69) is 4.99 Å². The largest absolute Gasteiger partial charge is 0.467 e. The smallest absolute Gasteiger partial charge is 0.416 e. The molecule has 15 heteroatoms. The highest BCUT2D eigenvalue weighted by molar-refractivity contribution is 6.00. The fourth-order valence-electron chi connectivity index (χ4n) is 6.48. The molecule has 2 aliphatic rings. The summed E-state index contributed by atoms with van der Waals surface area (Å²) in [5.41, 5.74) is -4.88. The van der Waals surface area contributed by atoms with Crippen LogP contribution in [-0.4, -0.2) is 71.9 Å². The fraction of sp³-hybridized carbons (Fsp3) is 0.500. The third-order valence-electron chi connectivity index (χ3n) is 9.09. The first-order valence-electron chi connectivity index (χ1n) is 16.1. The Bertz CT molecular complexity index is 1730. The molecular formula is C36H40F7N3O5. The molecule has 0 N–H and O–H groups in total. The maximum Gasteiger partial charge on any atom is 0.416 e. The van der Waals surface area contributed by atoms with Crippen molar-refractivity contribution in [2.45, 2.75) is 102 Å². The summed E-state index contributed by atoms with van der Waals surface area (Å²) in [5.74, 6) is -2.04. The number of halogens is 7. The van der Waals surface area contributed by atoms with Gasteiger partial charge in [-0.25, -0.2) is 14.0 Å². The highest BCUT2D eigenvalue weighted by atomic mass is 19.4. The van der Waals surface area contributed by atoms with Crippen LogP contribution in [-0.2, 0) is 36.8 Å². The van der Waals surface area contributed by atoms with Crippen molar-refractivity contribution >= 4 is 29.8 Å². The van der Waals surface area contributed by atoms with Gasteiger partial charge in [0.25, 0.3) is 0 Å². The van der Waals surface area contributed by atoms with Crippen LogP contribution in [0.2, 0.25) is 0 Å². The lowest BCUT2D eigenvalue weighted by Gasteiger charge is -2.37. The predicted molar refractivity (Wildman–Crippen MR) is 174 cm³/mol. The van der Waals surface area contributed by atoms with E-state index in [1.807, 2.05) is 0 Å². The van der Waals surface area contributed by atoms with Crippen LogP contribution in [0.4, 0.5) is 35.5 Å². The highest BCUT2D eigenvalue weighted by Crippen LogP contribution is 2.42. The van der Waals surface area contributed by atoms with E-state index in [9.17, 15) is 45.1 Å². The van der Waals surface area contributed by atoms with Crippen LogP contribution >= 0.6 is 0 Å². The highest BCUT2D eigenvalue weighted by Gasteiger charge is 2.48. The quantitative estimate of drug-likeness (QED) is 0.222. The Balaban J connectivity index is 1.80. The molecule has 4 rings (SSSR count). The number of rotatable bonds is 6. The van der Waals surface area contributed by atoms with Gasteiger partial charge in [0.15, 0.2) is 0 Å². The van der Waals surface area contributed by atoms with Crippen LogP contribution < -0.4 is 0 Å². The van der Waals surface area contributed by atoms with Gasteiger partial charge in [0.1, 0.15) is 17.5 Å². The second-order valence-electron chi connectivity index (χ2n) is 14.2. The number of likely N-dealkylation sites (N-methyl/N-ethyl adjacent to an activating group) is 1. The monoisotopic (exact) mass is 727 g/mol. The minimum atomic E-state index is -5.12. The number of carbonyl (C=O) groups is 3. The number of hydrogen-bond acceptors (Lipinski definition) is 6. The predicted octanol–water partition coefficient (Wildman–Crippen LogP) is 8.10. The van der Waals surface area contributed by atoms with Crippen LogP contribution in [0.15, 0.2) is 47.1 Å². The molecule has 51 heavy (non-hydrogen) atoms. The zero-order valence-corrected chi connectivity index (χ0v) is 29.4. The van der Waals surface area contributed by atoms with E-state index < -0.39 is 82.0 Å². The number of alkyl halides is 6. The summed E-state index contributed by atoms with van der Waals surface area (Å²) in [6.07, 6.45) is -9.05. The Hall–Kier alpha value is -4.43. The van der Waals surface area contributed by atoms with E-state index in [1.165, 1.54) is 57.3 Å². The van der Waals surface area contributed by atoms with E-state index in [0.29, 0.717) is 35.3 Å². The average molecular weight is 728 g/mol. The lowest BCUT2D eigenvalue weighted by Crippen LogP contribution is -2.51. The SMILES string of the molecule is COC(=O)[C@@H]1CC[C@H](C2CC(c3ccc(F)cc3C)=C(N(C)C(=O)C(C)(C)c3cc(C(F)(F)F)cc(C(F)(F)F)c3)C=N2)N1C(=O)OC(C)(C)C. The molecule has 0 spiro atoms. The number of esters is 1. The van der Waals surface area contributed by atoms with E-state index in [-0.39, 0.29) is 24.6 Å². The number of dihydropyridines is 1. The normalized spacial score (nSPS) is 20.1. The minimum absolute atomic E-state index is 0.00596. The first-order valence-corrected chi connectivity index (χ1v) is 16.1. The van der Waals surface area contributed by atoms with Gasteiger partial charge in [-0.05, 0) is 113 Å². The number of methoxy groups -OCH3 is 1. The van der Waals surface area contributed by atoms with Crippen molar-refractivity contribution in [1.82, 2.24) is 9.80 Å².